The molecule has 90 valence electrons. The maximum Gasteiger partial charge on any atom is 0.214 e. The molecule has 1 aliphatic rings. The minimum absolute atomic E-state index is 0.158. The fourth-order valence-electron chi connectivity index (χ4n) is 1.81. The highest BCUT2D eigenvalue weighted by Gasteiger charge is 2.30. The third-order valence-corrected chi connectivity index (χ3v) is 4.91. The molecule has 0 saturated carbocycles. The quantitative estimate of drug-likeness (QED) is 0.700. The molecule has 0 radical (unpaired) electrons. The second-order valence-electron chi connectivity index (χ2n) is 4.04. The van der Waals surface area contributed by atoms with Crippen LogP contribution in [0, 0.1) is 0 Å². The highest BCUT2D eigenvalue weighted by Crippen LogP contribution is 2.12. The van der Waals surface area contributed by atoms with E-state index in [2.05, 4.69) is 4.90 Å². The van der Waals surface area contributed by atoms with E-state index in [1.165, 1.54) is 0 Å². The van der Waals surface area contributed by atoms with Crippen molar-refractivity contribution < 1.29 is 8.42 Å². The molecule has 1 heterocycles. The summed E-state index contributed by atoms with van der Waals surface area (Å²) in [5.74, 6) is 0.244. The summed E-state index contributed by atoms with van der Waals surface area (Å²) in [7, 11) is -1.06. The van der Waals surface area contributed by atoms with Gasteiger partial charge in [0, 0.05) is 32.2 Å². The van der Waals surface area contributed by atoms with Crippen molar-refractivity contribution in [2.45, 2.75) is 19.4 Å². The summed E-state index contributed by atoms with van der Waals surface area (Å²) in [5, 5.41) is 0. The smallest absolute Gasteiger partial charge is 0.214 e. The number of rotatable bonds is 4. The largest absolute Gasteiger partial charge is 0.329 e. The van der Waals surface area contributed by atoms with Crippen molar-refractivity contribution in [1.29, 1.82) is 0 Å². The second kappa shape index (κ2) is 5.25. The molecule has 1 atom stereocenters. The van der Waals surface area contributed by atoms with Crippen LogP contribution in [0.5, 0.6) is 0 Å². The summed E-state index contributed by atoms with van der Waals surface area (Å²) in [6, 6.07) is 0.158. The van der Waals surface area contributed by atoms with Gasteiger partial charge in [-0.15, -0.1) is 0 Å². The Kier molecular flexibility index (Phi) is 4.51. The van der Waals surface area contributed by atoms with Gasteiger partial charge in [0.15, 0.2) is 0 Å². The normalized spacial score (nSPS) is 25.7. The zero-order valence-corrected chi connectivity index (χ0v) is 10.3. The molecule has 5 nitrogen and oxygen atoms in total. The second-order valence-corrected chi connectivity index (χ2v) is 6.13. The molecule has 1 unspecified atom stereocenters. The van der Waals surface area contributed by atoms with Crippen LogP contribution in [0.3, 0.4) is 0 Å². The highest BCUT2D eigenvalue weighted by atomic mass is 32.2. The van der Waals surface area contributed by atoms with E-state index in [1.54, 1.807) is 4.31 Å². The first kappa shape index (κ1) is 12.9. The first-order chi connectivity index (χ1) is 7.01. The molecule has 15 heavy (non-hydrogen) atoms. The van der Waals surface area contributed by atoms with E-state index in [4.69, 9.17) is 5.73 Å². The molecule has 1 saturated heterocycles. The van der Waals surface area contributed by atoms with E-state index < -0.39 is 10.0 Å². The Morgan fingerprint density at radius 1 is 1.40 bits per heavy atom. The molecular formula is C9H21N3O2S. The molecule has 0 bridgehead atoms. The SMILES string of the molecule is CCCS(=O)(=O)N1CCN(C)C(CN)C1. The van der Waals surface area contributed by atoms with Gasteiger partial charge in [0.1, 0.15) is 0 Å². The Morgan fingerprint density at radius 2 is 2.07 bits per heavy atom. The average molecular weight is 235 g/mol. The zero-order chi connectivity index (χ0) is 11.5. The lowest BCUT2D eigenvalue weighted by atomic mass is 10.2. The number of nitrogens with two attached hydrogens (primary N) is 1. The molecule has 6 heteroatoms. The predicted octanol–water partition coefficient (Wildman–Crippen LogP) is -0.699. The van der Waals surface area contributed by atoms with Gasteiger partial charge in [0.25, 0.3) is 0 Å². The number of piperazine rings is 1. The summed E-state index contributed by atoms with van der Waals surface area (Å²) in [4.78, 5) is 2.12. The highest BCUT2D eigenvalue weighted by molar-refractivity contribution is 7.89. The Bertz CT molecular complexity index is 292. The van der Waals surface area contributed by atoms with Crippen LogP contribution in [0.4, 0.5) is 0 Å². The van der Waals surface area contributed by atoms with Gasteiger partial charge in [0.2, 0.25) is 10.0 Å². The third-order valence-electron chi connectivity index (χ3n) is 2.87. The summed E-state index contributed by atoms with van der Waals surface area (Å²) < 4.78 is 25.2. The molecule has 0 spiro atoms. The minimum atomic E-state index is -3.05. The van der Waals surface area contributed by atoms with Crippen LogP contribution >= 0.6 is 0 Å². The molecule has 0 aromatic heterocycles. The summed E-state index contributed by atoms with van der Waals surface area (Å²) >= 11 is 0. The van der Waals surface area contributed by atoms with Crippen LogP contribution in [-0.4, -0.2) is 62.6 Å². The molecule has 2 N–H and O–H groups in total. The third kappa shape index (κ3) is 3.14. The monoisotopic (exact) mass is 235 g/mol. The van der Waals surface area contributed by atoms with E-state index in [1.807, 2.05) is 14.0 Å². The van der Waals surface area contributed by atoms with Crippen LogP contribution in [0.2, 0.25) is 0 Å². The maximum atomic E-state index is 11.8. The lowest BCUT2D eigenvalue weighted by molar-refractivity contribution is 0.152. The first-order valence-electron chi connectivity index (χ1n) is 5.39. The van der Waals surface area contributed by atoms with Crippen molar-refractivity contribution in [2.75, 3.05) is 39.0 Å². The van der Waals surface area contributed by atoms with Crippen molar-refractivity contribution in [2.24, 2.45) is 5.73 Å². The molecule has 1 rings (SSSR count). The molecule has 0 amide bonds. The summed E-state index contributed by atoms with van der Waals surface area (Å²) in [5.41, 5.74) is 5.61. The van der Waals surface area contributed by atoms with E-state index in [-0.39, 0.29) is 11.8 Å². The topological polar surface area (TPSA) is 66.6 Å². The van der Waals surface area contributed by atoms with Crippen molar-refractivity contribution in [1.82, 2.24) is 9.21 Å². The van der Waals surface area contributed by atoms with Gasteiger partial charge < -0.3 is 5.73 Å². The van der Waals surface area contributed by atoms with Gasteiger partial charge in [-0.05, 0) is 13.5 Å². The molecular weight excluding hydrogens is 214 g/mol. The van der Waals surface area contributed by atoms with Gasteiger partial charge in [-0.1, -0.05) is 6.92 Å². The Hall–Kier alpha value is -0.170. The first-order valence-corrected chi connectivity index (χ1v) is 7.00. The van der Waals surface area contributed by atoms with Crippen LogP contribution in [0.25, 0.3) is 0 Å². The van der Waals surface area contributed by atoms with Gasteiger partial charge in [-0.25, -0.2) is 8.42 Å². The number of likely N-dealkylation sites (N-methyl/N-ethyl adjacent to an activating group) is 1. The Labute approximate surface area is 92.3 Å². The van der Waals surface area contributed by atoms with E-state index in [9.17, 15) is 8.42 Å². The van der Waals surface area contributed by atoms with Crippen molar-refractivity contribution in [3.63, 3.8) is 0 Å². The summed E-state index contributed by atoms with van der Waals surface area (Å²) in [6.45, 7) is 4.29. The maximum absolute atomic E-state index is 11.8. The van der Waals surface area contributed by atoms with E-state index in [0.29, 0.717) is 26.1 Å². The standard InChI is InChI=1S/C9H21N3O2S/c1-3-6-15(13,14)12-5-4-11(2)9(7-10)8-12/h9H,3-8,10H2,1-2H3. The lowest BCUT2D eigenvalue weighted by Crippen LogP contribution is -2.56. The molecule has 1 aliphatic heterocycles. The van der Waals surface area contributed by atoms with Gasteiger partial charge in [0.05, 0.1) is 5.75 Å². The Balaban J connectivity index is 2.66. The van der Waals surface area contributed by atoms with Gasteiger partial charge in [-0.3, -0.25) is 4.90 Å². The van der Waals surface area contributed by atoms with E-state index >= 15 is 0 Å². The number of nitrogens with zero attached hydrogens (tertiary/aromatic N) is 2. The van der Waals surface area contributed by atoms with Crippen molar-refractivity contribution in [3.8, 4) is 0 Å². The summed E-state index contributed by atoms with van der Waals surface area (Å²) in [6.07, 6.45) is 0.669. The number of hydrogen-bond donors (Lipinski definition) is 1. The van der Waals surface area contributed by atoms with Crippen LogP contribution in [0.1, 0.15) is 13.3 Å². The molecule has 0 aromatic carbocycles. The van der Waals surface area contributed by atoms with Gasteiger partial charge in [-0.2, -0.15) is 4.31 Å². The fraction of sp³-hybridized carbons (Fsp3) is 1.00. The van der Waals surface area contributed by atoms with Crippen molar-refractivity contribution >= 4 is 10.0 Å². The fourth-order valence-corrected chi connectivity index (χ4v) is 3.34. The Morgan fingerprint density at radius 3 is 2.60 bits per heavy atom. The van der Waals surface area contributed by atoms with Crippen LogP contribution < -0.4 is 5.73 Å². The predicted molar refractivity (Wildman–Crippen MR) is 61.1 cm³/mol. The minimum Gasteiger partial charge on any atom is -0.329 e. The van der Waals surface area contributed by atoms with Crippen molar-refractivity contribution in [3.05, 3.63) is 0 Å². The number of hydrogen-bond acceptors (Lipinski definition) is 4. The zero-order valence-electron chi connectivity index (χ0n) is 9.52. The lowest BCUT2D eigenvalue weighted by Gasteiger charge is -2.38. The average Bonchev–Trinajstić information content (AvgIpc) is 2.18. The number of sulfonamides is 1. The van der Waals surface area contributed by atoms with Gasteiger partial charge >= 0.3 is 0 Å². The molecule has 0 aliphatic carbocycles. The molecule has 0 aromatic rings. The van der Waals surface area contributed by atoms with E-state index in [0.717, 1.165) is 6.54 Å². The van der Waals surface area contributed by atoms with Crippen LogP contribution in [0.15, 0.2) is 0 Å². The molecule has 1 fully saturated rings. The van der Waals surface area contributed by atoms with Crippen LogP contribution in [-0.2, 0) is 10.0 Å².